The minimum Gasteiger partial charge on any atom is -0.378 e. The van der Waals surface area contributed by atoms with Crippen molar-refractivity contribution < 1.29 is 17.9 Å². The summed E-state index contributed by atoms with van der Waals surface area (Å²) >= 11 is 0. The van der Waals surface area contributed by atoms with Crippen LogP contribution >= 0.6 is 0 Å². The van der Waals surface area contributed by atoms with Crippen molar-refractivity contribution in [1.29, 1.82) is 0 Å². The van der Waals surface area contributed by atoms with Crippen LogP contribution in [0.3, 0.4) is 0 Å². The standard InChI is InChI=1S/C10H21NO4S/c11-16(12,13)9-8-14-6-7-15-10-4-2-1-3-5-10/h10H,1-9H2,(H2,11,12,13). The van der Waals surface area contributed by atoms with Crippen molar-refractivity contribution >= 4 is 10.0 Å². The predicted octanol–water partition coefficient (Wildman–Crippen LogP) is 0.641. The number of hydrogen-bond acceptors (Lipinski definition) is 4. The van der Waals surface area contributed by atoms with Crippen molar-refractivity contribution in [2.75, 3.05) is 25.6 Å². The molecule has 0 radical (unpaired) electrons. The van der Waals surface area contributed by atoms with Crippen molar-refractivity contribution in [1.82, 2.24) is 0 Å². The first-order valence-corrected chi connectivity index (χ1v) is 7.49. The summed E-state index contributed by atoms with van der Waals surface area (Å²) in [4.78, 5) is 0. The summed E-state index contributed by atoms with van der Waals surface area (Å²) < 4.78 is 31.9. The highest BCUT2D eigenvalue weighted by atomic mass is 32.2. The average Bonchev–Trinajstić information content (AvgIpc) is 2.23. The summed E-state index contributed by atoms with van der Waals surface area (Å²) in [6, 6.07) is 0. The summed E-state index contributed by atoms with van der Waals surface area (Å²) in [7, 11) is -3.40. The highest BCUT2D eigenvalue weighted by molar-refractivity contribution is 7.89. The fourth-order valence-corrected chi connectivity index (χ4v) is 2.13. The largest absolute Gasteiger partial charge is 0.378 e. The summed E-state index contributed by atoms with van der Waals surface area (Å²) in [6.07, 6.45) is 6.45. The molecule has 0 aromatic carbocycles. The molecule has 0 aliphatic heterocycles. The minimum atomic E-state index is -3.40. The van der Waals surface area contributed by atoms with Crippen LogP contribution in [-0.4, -0.2) is 40.1 Å². The molecule has 0 aromatic heterocycles. The second-order valence-electron chi connectivity index (χ2n) is 4.11. The van der Waals surface area contributed by atoms with Gasteiger partial charge in [0.25, 0.3) is 0 Å². The first kappa shape index (κ1) is 13.9. The van der Waals surface area contributed by atoms with Gasteiger partial charge in [0.05, 0.1) is 31.7 Å². The maximum atomic E-state index is 10.6. The average molecular weight is 251 g/mol. The van der Waals surface area contributed by atoms with E-state index in [0.717, 1.165) is 12.8 Å². The monoisotopic (exact) mass is 251 g/mol. The molecule has 0 saturated heterocycles. The molecule has 1 fully saturated rings. The van der Waals surface area contributed by atoms with E-state index in [1.807, 2.05) is 0 Å². The maximum absolute atomic E-state index is 10.6. The molecule has 0 heterocycles. The topological polar surface area (TPSA) is 78.6 Å². The highest BCUT2D eigenvalue weighted by Gasteiger charge is 2.13. The Kier molecular flexibility index (Phi) is 6.26. The molecule has 2 N–H and O–H groups in total. The second-order valence-corrected chi connectivity index (χ2v) is 5.84. The molecule has 0 bridgehead atoms. The lowest BCUT2D eigenvalue weighted by Crippen LogP contribution is -2.22. The third-order valence-corrected chi connectivity index (χ3v) is 3.38. The van der Waals surface area contributed by atoms with Gasteiger partial charge in [0.1, 0.15) is 0 Å². The maximum Gasteiger partial charge on any atom is 0.211 e. The molecule has 1 aliphatic carbocycles. The predicted molar refractivity (Wildman–Crippen MR) is 61.6 cm³/mol. The molecular weight excluding hydrogens is 230 g/mol. The zero-order valence-corrected chi connectivity index (χ0v) is 10.4. The zero-order valence-electron chi connectivity index (χ0n) is 9.56. The van der Waals surface area contributed by atoms with Crippen LogP contribution in [0.2, 0.25) is 0 Å². The Labute approximate surface area is 97.3 Å². The van der Waals surface area contributed by atoms with Gasteiger partial charge in [-0.1, -0.05) is 19.3 Å². The SMILES string of the molecule is NS(=O)(=O)CCOCCOC1CCCCC1. The Morgan fingerprint density at radius 3 is 2.38 bits per heavy atom. The molecule has 16 heavy (non-hydrogen) atoms. The fraction of sp³-hybridized carbons (Fsp3) is 1.00. The van der Waals surface area contributed by atoms with Gasteiger partial charge in [-0.3, -0.25) is 0 Å². The van der Waals surface area contributed by atoms with Crippen LogP contribution in [0, 0.1) is 0 Å². The molecule has 1 saturated carbocycles. The van der Waals surface area contributed by atoms with E-state index >= 15 is 0 Å². The van der Waals surface area contributed by atoms with E-state index in [2.05, 4.69) is 0 Å². The molecule has 96 valence electrons. The third kappa shape index (κ3) is 7.16. The number of ether oxygens (including phenoxy) is 2. The summed E-state index contributed by atoms with van der Waals surface area (Å²) in [6.45, 7) is 1.12. The van der Waals surface area contributed by atoms with Gasteiger partial charge in [-0.05, 0) is 12.8 Å². The number of hydrogen-bond donors (Lipinski definition) is 1. The number of primary sulfonamides is 1. The fourth-order valence-electron chi connectivity index (χ4n) is 1.78. The zero-order chi connectivity index (χ0) is 11.9. The minimum absolute atomic E-state index is 0.129. The normalized spacial score (nSPS) is 18.8. The van der Waals surface area contributed by atoms with Crippen LogP contribution in [0.25, 0.3) is 0 Å². The lowest BCUT2D eigenvalue weighted by Gasteiger charge is -2.21. The van der Waals surface area contributed by atoms with Gasteiger partial charge in [0.15, 0.2) is 0 Å². The highest BCUT2D eigenvalue weighted by Crippen LogP contribution is 2.19. The molecule has 0 aromatic rings. The van der Waals surface area contributed by atoms with E-state index in [-0.39, 0.29) is 12.4 Å². The molecule has 5 nitrogen and oxygen atoms in total. The van der Waals surface area contributed by atoms with Crippen molar-refractivity contribution in [2.45, 2.75) is 38.2 Å². The van der Waals surface area contributed by atoms with Crippen LogP contribution in [0.1, 0.15) is 32.1 Å². The quantitative estimate of drug-likeness (QED) is 0.673. The van der Waals surface area contributed by atoms with Crippen molar-refractivity contribution in [3.05, 3.63) is 0 Å². The van der Waals surface area contributed by atoms with Gasteiger partial charge in [0.2, 0.25) is 10.0 Å². The van der Waals surface area contributed by atoms with E-state index < -0.39 is 10.0 Å². The molecular formula is C10H21NO4S. The molecule has 1 rings (SSSR count). The van der Waals surface area contributed by atoms with Gasteiger partial charge < -0.3 is 9.47 Å². The van der Waals surface area contributed by atoms with Gasteiger partial charge in [-0.15, -0.1) is 0 Å². The van der Waals surface area contributed by atoms with Gasteiger partial charge in [-0.25, -0.2) is 13.6 Å². The Morgan fingerprint density at radius 1 is 1.06 bits per heavy atom. The van der Waals surface area contributed by atoms with Crippen molar-refractivity contribution in [3.63, 3.8) is 0 Å². The van der Waals surface area contributed by atoms with Gasteiger partial charge in [0, 0.05) is 0 Å². The number of nitrogens with two attached hydrogens (primary N) is 1. The van der Waals surface area contributed by atoms with E-state index in [4.69, 9.17) is 14.6 Å². The first-order valence-electron chi connectivity index (χ1n) is 5.78. The Bertz CT molecular complexity index is 273. The molecule has 1 aliphatic rings. The summed E-state index contributed by atoms with van der Waals surface area (Å²) in [5.41, 5.74) is 0. The third-order valence-electron chi connectivity index (χ3n) is 2.65. The lowest BCUT2D eigenvalue weighted by atomic mass is 9.98. The molecule has 6 heteroatoms. The van der Waals surface area contributed by atoms with Crippen molar-refractivity contribution in [3.8, 4) is 0 Å². The smallest absolute Gasteiger partial charge is 0.211 e. The van der Waals surface area contributed by atoms with Gasteiger partial charge in [-0.2, -0.15) is 0 Å². The second kappa shape index (κ2) is 7.21. The molecule has 0 amide bonds. The first-order chi connectivity index (χ1) is 7.58. The van der Waals surface area contributed by atoms with Crippen LogP contribution in [-0.2, 0) is 19.5 Å². The van der Waals surface area contributed by atoms with Crippen LogP contribution < -0.4 is 5.14 Å². The summed E-state index contributed by atoms with van der Waals surface area (Å²) in [5, 5.41) is 4.83. The molecule has 0 atom stereocenters. The van der Waals surface area contributed by atoms with Crippen LogP contribution in [0.15, 0.2) is 0 Å². The Morgan fingerprint density at radius 2 is 1.75 bits per heavy atom. The van der Waals surface area contributed by atoms with E-state index in [0.29, 0.717) is 19.3 Å². The number of rotatable bonds is 7. The van der Waals surface area contributed by atoms with Crippen LogP contribution in [0.4, 0.5) is 0 Å². The van der Waals surface area contributed by atoms with E-state index in [1.54, 1.807) is 0 Å². The van der Waals surface area contributed by atoms with Crippen LogP contribution in [0.5, 0.6) is 0 Å². The lowest BCUT2D eigenvalue weighted by molar-refractivity contribution is -0.00758. The van der Waals surface area contributed by atoms with E-state index in [9.17, 15) is 8.42 Å². The van der Waals surface area contributed by atoms with Crippen molar-refractivity contribution in [2.24, 2.45) is 5.14 Å². The number of sulfonamides is 1. The van der Waals surface area contributed by atoms with E-state index in [1.165, 1.54) is 19.3 Å². The Hall–Kier alpha value is -0.170. The molecule has 0 unspecified atom stereocenters. The molecule has 0 spiro atoms. The Balaban J connectivity index is 1.91. The summed E-state index contributed by atoms with van der Waals surface area (Å²) in [5.74, 6) is -0.129. The van der Waals surface area contributed by atoms with Gasteiger partial charge >= 0.3 is 0 Å².